The second kappa shape index (κ2) is 9.86. The SMILES string of the molecule is CCC(c1ccc(NC)c(N)c1)c1ccc(C)c(CN(C)Sc2ccccc2)c1. The number of hydrogen-bond donors (Lipinski definition) is 2. The lowest BCUT2D eigenvalue weighted by atomic mass is 9.87. The maximum absolute atomic E-state index is 6.22. The molecule has 3 N–H and O–H groups in total. The van der Waals surface area contributed by atoms with Crippen molar-refractivity contribution in [3.63, 3.8) is 0 Å². The molecule has 0 aromatic heterocycles. The molecule has 0 amide bonds. The first-order valence-electron chi connectivity index (χ1n) is 10.1. The van der Waals surface area contributed by atoms with Gasteiger partial charge >= 0.3 is 0 Å². The molecule has 0 heterocycles. The van der Waals surface area contributed by atoms with Crippen molar-refractivity contribution in [2.24, 2.45) is 0 Å². The van der Waals surface area contributed by atoms with Crippen LogP contribution in [0.3, 0.4) is 0 Å². The van der Waals surface area contributed by atoms with Crippen LogP contribution in [-0.4, -0.2) is 18.4 Å². The summed E-state index contributed by atoms with van der Waals surface area (Å²) in [5, 5.41) is 3.14. The number of nitrogens with zero attached hydrogens (tertiary/aromatic N) is 1. The van der Waals surface area contributed by atoms with Gasteiger partial charge in [0.15, 0.2) is 0 Å². The predicted octanol–water partition coefficient (Wildman–Crippen LogP) is 6.30. The van der Waals surface area contributed by atoms with Gasteiger partial charge in [-0.25, -0.2) is 4.31 Å². The quantitative estimate of drug-likeness (QED) is 0.341. The Bertz CT molecular complexity index is 940. The standard InChI is InChI=1S/C25H31N3S/c1-5-23(20-13-14-25(27-3)24(26)16-20)19-12-11-18(2)21(15-19)17-28(4)29-22-9-7-6-8-10-22/h6-16,23,27H,5,17,26H2,1-4H3. The summed E-state index contributed by atoms with van der Waals surface area (Å²) in [4.78, 5) is 1.26. The molecule has 4 heteroatoms. The van der Waals surface area contributed by atoms with Crippen molar-refractivity contribution >= 4 is 23.3 Å². The number of nitrogens with two attached hydrogens (primary N) is 1. The zero-order valence-corrected chi connectivity index (χ0v) is 18.6. The summed E-state index contributed by atoms with van der Waals surface area (Å²) in [5.41, 5.74) is 13.3. The minimum absolute atomic E-state index is 0.342. The zero-order valence-electron chi connectivity index (χ0n) is 17.8. The van der Waals surface area contributed by atoms with Crippen molar-refractivity contribution in [1.82, 2.24) is 4.31 Å². The minimum Gasteiger partial charge on any atom is -0.397 e. The number of benzene rings is 3. The van der Waals surface area contributed by atoms with E-state index in [-0.39, 0.29) is 0 Å². The first-order valence-corrected chi connectivity index (χ1v) is 10.9. The van der Waals surface area contributed by atoms with Gasteiger partial charge in [0.25, 0.3) is 0 Å². The second-order valence-electron chi connectivity index (χ2n) is 7.43. The normalized spacial score (nSPS) is 12.2. The molecule has 0 fully saturated rings. The number of rotatable bonds is 8. The Morgan fingerprint density at radius 2 is 1.69 bits per heavy atom. The minimum atomic E-state index is 0.342. The first-order chi connectivity index (χ1) is 14.0. The summed E-state index contributed by atoms with van der Waals surface area (Å²) in [6.45, 7) is 5.33. The van der Waals surface area contributed by atoms with E-state index >= 15 is 0 Å². The topological polar surface area (TPSA) is 41.3 Å². The van der Waals surface area contributed by atoms with Crippen LogP contribution in [0.25, 0.3) is 0 Å². The number of hydrogen-bond acceptors (Lipinski definition) is 4. The van der Waals surface area contributed by atoms with Crippen LogP contribution in [0.15, 0.2) is 71.6 Å². The van der Waals surface area contributed by atoms with Gasteiger partial charge < -0.3 is 11.1 Å². The van der Waals surface area contributed by atoms with E-state index in [0.717, 1.165) is 24.3 Å². The Morgan fingerprint density at radius 3 is 2.34 bits per heavy atom. The third-order valence-electron chi connectivity index (χ3n) is 5.33. The summed E-state index contributed by atoms with van der Waals surface area (Å²) < 4.78 is 2.29. The zero-order chi connectivity index (χ0) is 20.8. The van der Waals surface area contributed by atoms with Gasteiger partial charge in [-0.1, -0.05) is 49.4 Å². The molecule has 29 heavy (non-hydrogen) atoms. The highest BCUT2D eigenvalue weighted by Crippen LogP contribution is 2.33. The van der Waals surface area contributed by atoms with Crippen LogP contribution in [0.2, 0.25) is 0 Å². The second-order valence-corrected chi connectivity index (χ2v) is 8.71. The van der Waals surface area contributed by atoms with Crippen LogP contribution in [0.4, 0.5) is 11.4 Å². The van der Waals surface area contributed by atoms with Gasteiger partial charge in [0.1, 0.15) is 0 Å². The van der Waals surface area contributed by atoms with Crippen molar-refractivity contribution in [2.45, 2.75) is 37.6 Å². The van der Waals surface area contributed by atoms with Crippen molar-refractivity contribution in [1.29, 1.82) is 0 Å². The lowest BCUT2D eigenvalue weighted by Crippen LogP contribution is -2.11. The molecular weight excluding hydrogens is 374 g/mol. The lowest BCUT2D eigenvalue weighted by Gasteiger charge is -2.21. The smallest absolute Gasteiger partial charge is 0.0571 e. The summed E-state index contributed by atoms with van der Waals surface area (Å²) in [6, 6.07) is 23.8. The van der Waals surface area contributed by atoms with Crippen molar-refractivity contribution in [3.8, 4) is 0 Å². The van der Waals surface area contributed by atoms with E-state index in [0.29, 0.717) is 5.92 Å². The van der Waals surface area contributed by atoms with Crippen LogP contribution in [-0.2, 0) is 6.54 Å². The van der Waals surface area contributed by atoms with E-state index in [2.05, 4.69) is 97.2 Å². The summed E-state index contributed by atoms with van der Waals surface area (Å²) in [6.07, 6.45) is 1.04. The number of anilines is 2. The molecular formula is C25H31N3S. The maximum atomic E-state index is 6.22. The third-order valence-corrected chi connectivity index (χ3v) is 6.25. The van der Waals surface area contributed by atoms with Crippen LogP contribution in [0, 0.1) is 6.92 Å². The van der Waals surface area contributed by atoms with Gasteiger partial charge in [-0.15, -0.1) is 0 Å². The van der Waals surface area contributed by atoms with Crippen molar-refractivity contribution in [2.75, 3.05) is 25.1 Å². The molecule has 0 aliphatic rings. The molecule has 1 unspecified atom stereocenters. The summed E-state index contributed by atoms with van der Waals surface area (Å²) in [7, 11) is 4.05. The first kappa shape index (κ1) is 21.3. The predicted molar refractivity (Wildman–Crippen MR) is 127 cm³/mol. The molecule has 0 saturated carbocycles. The summed E-state index contributed by atoms with van der Waals surface area (Å²) in [5.74, 6) is 0.342. The van der Waals surface area contributed by atoms with Gasteiger partial charge in [0.2, 0.25) is 0 Å². The molecule has 152 valence electrons. The molecule has 0 aliphatic carbocycles. The molecule has 3 nitrogen and oxygen atoms in total. The van der Waals surface area contributed by atoms with E-state index in [1.54, 1.807) is 11.9 Å². The Morgan fingerprint density at radius 1 is 1.00 bits per heavy atom. The fourth-order valence-corrected chi connectivity index (χ4v) is 4.54. The van der Waals surface area contributed by atoms with E-state index in [4.69, 9.17) is 5.73 Å². The van der Waals surface area contributed by atoms with Gasteiger partial charge in [-0.3, -0.25) is 0 Å². The number of nitrogens with one attached hydrogen (secondary N) is 1. The van der Waals surface area contributed by atoms with Gasteiger partial charge in [0, 0.05) is 24.4 Å². The lowest BCUT2D eigenvalue weighted by molar-refractivity contribution is 0.561. The number of aryl methyl sites for hydroxylation is 1. The Hall–Kier alpha value is -2.43. The Balaban J connectivity index is 1.82. The van der Waals surface area contributed by atoms with Crippen LogP contribution >= 0.6 is 11.9 Å². The molecule has 0 bridgehead atoms. The molecule has 0 aliphatic heterocycles. The van der Waals surface area contributed by atoms with E-state index in [1.165, 1.54) is 27.1 Å². The Labute approximate surface area is 179 Å². The highest BCUT2D eigenvalue weighted by atomic mass is 32.2. The molecule has 0 spiro atoms. The van der Waals surface area contributed by atoms with E-state index < -0.39 is 0 Å². The molecule has 0 saturated heterocycles. The third kappa shape index (κ3) is 5.34. The van der Waals surface area contributed by atoms with Crippen molar-refractivity contribution < 1.29 is 0 Å². The average Bonchev–Trinajstić information content (AvgIpc) is 2.72. The molecule has 1 atom stereocenters. The van der Waals surface area contributed by atoms with Gasteiger partial charge in [-0.2, -0.15) is 0 Å². The monoisotopic (exact) mass is 405 g/mol. The van der Waals surface area contributed by atoms with Crippen LogP contribution in [0.5, 0.6) is 0 Å². The highest BCUT2D eigenvalue weighted by molar-refractivity contribution is 7.97. The fourth-order valence-electron chi connectivity index (χ4n) is 3.70. The molecule has 0 radical (unpaired) electrons. The molecule has 3 rings (SSSR count). The number of nitrogen functional groups attached to an aromatic ring is 1. The van der Waals surface area contributed by atoms with Crippen LogP contribution in [0.1, 0.15) is 41.5 Å². The molecule has 3 aromatic rings. The fraction of sp³-hybridized carbons (Fsp3) is 0.280. The Kier molecular flexibility index (Phi) is 7.24. The summed E-state index contributed by atoms with van der Waals surface area (Å²) >= 11 is 1.78. The molecule has 3 aromatic carbocycles. The van der Waals surface area contributed by atoms with Crippen LogP contribution < -0.4 is 11.1 Å². The highest BCUT2D eigenvalue weighted by Gasteiger charge is 2.15. The van der Waals surface area contributed by atoms with Crippen molar-refractivity contribution in [3.05, 3.63) is 89.0 Å². The van der Waals surface area contributed by atoms with Gasteiger partial charge in [-0.05, 0) is 78.9 Å². The van der Waals surface area contributed by atoms with E-state index in [1.807, 2.05) is 7.05 Å². The largest absolute Gasteiger partial charge is 0.397 e. The average molecular weight is 406 g/mol. The van der Waals surface area contributed by atoms with Gasteiger partial charge in [0.05, 0.1) is 11.4 Å². The van der Waals surface area contributed by atoms with E-state index in [9.17, 15) is 0 Å². The maximum Gasteiger partial charge on any atom is 0.0571 e.